The highest BCUT2D eigenvalue weighted by Crippen LogP contribution is 2.16. The number of nitrogens with two attached hydrogens (primary N) is 1. The largest absolute Gasteiger partial charge is 0.492 e. The van der Waals surface area contributed by atoms with Crippen LogP contribution in [0.25, 0.3) is 0 Å². The molecule has 1 aliphatic heterocycles. The van der Waals surface area contributed by atoms with E-state index >= 15 is 0 Å². The van der Waals surface area contributed by atoms with Crippen LogP contribution in [0.1, 0.15) is 24.8 Å². The summed E-state index contributed by atoms with van der Waals surface area (Å²) in [5, 5.41) is 3.76. The topological polar surface area (TPSA) is 80.0 Å². The molecule has 1 heterocycles. The number of amides is 2. The van der Waals surface area contributed by atoms with Crippen molar-refractivity contribution in [3.8, 4) is 5.75 Å². The first-order valence-corrected chi connectivity index (χ1v) is 7.28. The van der Waals surface area contributed by atoms with Crippen molar-refractivity contribution in [2.45, 2.75) is 19.3 Å². The van der Waals surface area contributed by atoms with Crippen LogP contribution >= 0.6 is 0 Å². The average molecular weight is 290 g/mol. The monoisotopic (exact) mass is 290 g/mol. The van der Waals surface area contributed by atoms with Crippen LogP contribution in [0.15, 0.2) is 29.4 Å². The minimum atomic E-state index is -0.685. The fourth-order valence-corrected chi connectivity index (χ4v) is 2.35. The van der Waals surface area contributed by atoms with Crippen LogP contribution in [0.4, 0.5) is 4.79 Å². The number of hydrazone groups is 1. The maximum Gasteiger partial charge on any atom is 0.332 e. The lowest BCUT2D eigenvalue weighted by molar-refractivity contribution is 0.183. The van der Waals surface area contributed by atoms with Crippen LogP contribution in [0, 0.1) is 0 Å². The van der Waals surface area contributed by atoms with Crippen molar-refractivity contribution in [1.29, 1.82) is 0 Å². The number of rotatable bonds is 6. The molecule has 6 nitrogen and oxygen atoms in total. The number of likely N-dealkylation sites (tertiary alicyclic amines) is 1. The number of carbonyl (C=O) groups excluding carboxylic acids is 1. The molecule has 0 aromatic heterocycles. The van der Waals surface area contributed by atoms with Crippen LogP contribution in [-0.4, -0.2) is 43.4 Å². The molecular formula is C15H22N4O2. The summed E-state index contributed by atoms with van der Waals surface area (Å²) in [7, 11) is 0. The van der Waals surface area contributed by atoms with Gasteiger partial charge in [0, 0.05) is 12.1 Å². The van der Waals surface area contributed by atoms with Crippen molar-refractivity contribution >= 4 is 12.2 Å². The highest BCUT2D eigenvalue weighted by Gasteiger charge is 2.09. The van der Waals surface area contributed by atoms with Gasteiger partial charge in [-0.25, -0.2) is 10.2 Å². The highest BCUT2D eigenvalue weighted by atomic mass is 16.5. The van der Waals surface area contributed by atoms with E-state index < -0.39 is 6.03 Å². The Hall–Kier alpha value is -2.08. The molecule has 114 valence electrons. The number of primary amides is 1. The fraction of sp³-hybridized carbons (Fsp3) is 0.467. The molecule has 2 amide bonds. The number of benzene rings is 1. The normalized spacial score (nSPS) is 16.0. The van der Waals surface area contributed by atoms with Gasteiger partial charge in [-0.05, 0) is 38.1 Å². The molecule has 1 aromatic rings. The zero-order valence-corrected chi connectivity index (χ0v) is 12.1. The van der Waals surface area contributed by atoms with Gasteiger partial charge in [-0.2, -0.15) is 5.10 Å². The molecule has 3 N–H and O–H groups in total. The number of ether oxygens (including phenoxy) is 1. The standard InChI is InChI=1S/C15H22N4O2/c16-15(20)18-17-12-13-6-2-3-7-14(13)21-11-10-19-8-4-1-5-9-19/h2-3,6-7,12H,1,4-5,8-11H2,(H3,16,18,20). The Morgan fingerprint density at radius 2 is 2.10 bits per heavy atom. The van der Waals surface area contributed by atoms with Gasteiger partial charge < -0.3 is 10.5 Å². The Labute approximate surface area is 125 Å². The van der Waals surface area contributed by atoms with E-state index in [2.05, 4.69) is 15.4 Å². The molecule has 0 aliphatic carbocycles. The lowest BCUT2D eigenvalue weighted by Crippen LogP contribution is -2.33. The van der Waals surface area contributed by atoms with Gasteiger partial charge in [0.15, 0.2) is 0 Å². The summed E-state index contributed by atoms with van der Waals surface area (Å²) in [4.78, 5) is 13.0. The molecule has 0 bridgehead atoms. The molecule has 0 radical (unpaired) electrons. The quantitative estimate of drug-likeness (QED) is 0.616. The molecule has 6 heteroatoms. The Balaban J connectivity index is 1.84. The van der Waals surface area contributed by atoms with Crippen LogP contribution in [0.3, 0.4) is 0 Å². The number of nitrogens with one attached hydrogen (secondary N) is 1. The smallest absolute Gasteiger partial charge is 0.332 e. The van der Waals surface area contributed by atoms with Gasteiger partial charge in [0.05, 0.1) is 6.21 Å². The predicted octanol–water partition coefficient (Wildman–Crippen LogP) is 1.55. The zero-order chi connectivity index (χ0) is 14.9. The minimum Gasteiger partial charge on any atom is -0.492 e. The van der Waals surface area contributed by atoms with E-state index in [1.807, 2.05) is 24.3 Å². The number of hydrogen-bond donors (Lipinski definition) is 2. The number of carbonyl (C=O) groups is 1. The van der Waals surface area contributed by atoms with Gasteiger partial charge in [-0.15, -0.1) is 0 Å². The summed E-state index contributed by atoms with van der Waals surface area (Å²) in [6, 6.07) is 6.89. The van der Waals surface area contributed by atoms with Gasteiger partial charge in [-0.3, -0.25) is 4.90 Å². The minimum absolute atomic E-state index is 0.647. The molecule has 1 fully saturated rings. The first kappa shape index (κ1) is 15.3. The molecule has 0 atom stereocenters. The fourth-order valence-electron chi connectivity index (χ4n) is 2.35. The SMILES string of the molecule is NC(=O)NN=Cc1ccccc1OCCN1CCCCC1. The van der Waals surface area contributed by atoms with Crippen molar-refractivity contribution in [2.75, 3.05) is 26.2 Å². The summed E-state index contributed by atoms with van der Waals surface area (Å²) >= 11 is 0. The van der Waals surface area contributed by atoms with Gasteiger partial charge in [0.25, 0.3) is 0 Å². The van der Waals surface area contributed by atoms with Crippen LogP contribution in [-0.2, 0) is 0 Å². The lowest BCUT2D eigenvalue weighted by atomic mass is 10.1. The van der Waals surface area contributed by atoms with Gasteiger partial charge in [-0.1, -0.05) is 18.6 Å². The zero-order valence-electron chi connectivity index (χ0n) is 12.1. The summed E-state index contributed by atoms with van der Waals surface area (Å²) < 4.78 is 5.82. The predicted molar refractivity (Wildman–Crippen MR) is 82.5 cm³/mol. The Morgan fingerprint density at radius 1 is 1.33 bits per heavy atom. The van der Waals surface area contributed by atoms with E-state index in [9.17, 15) is 4.79 Å². The average Bonchev–Trinajstić information content (AvgIpc) is 2.49. The van der Waals surface area contributed by atoms with Crippen molar-refractivity contribution < 1.29 is 9.53 Å². The molecule has 2 rings (SSSR count). The van der Waals surface area contributed by atoms with Crippen molar-refractivity contribution in [3.05, 3.63) is 29.8 Å². The maximum absolute atomic E-state index is 10.6. The summed E-state index contributed by atoms with van der Waals surface area (Å²) in [6.45, 7) is 3.91. The van der Waals surface area contributed by atoms with Crippen molar-refractivity contribution in [2.24, 2.45) is 10.8 Å². The highest BCUT2D eigenvalue weighted by molar-refractivity contribution is 5.84. The van der Waals surface area contributed by atoms with E-state index in [0.717, 1.165) is 30.9 Å². The van der Waals surface area contributed by atoms with Gasteiger partial charge in [0.1, 0.15) is 12.4 Å². The number of para-hydroxylation sites is 1. The second-order valence-electron chi connectivity index (χ2n) is 5.02. The number of piperidine rings is 1. The van der Waals surface area contributed by atoms with E-state index in [0.29, 0.717) is 6.61 Å². The molecule has 21 heavy (non-hydrogen) atoms. The van der Waals surface area contributed by atoms with E-state index in [4.69, 9.17) is 10.5 Å². The van der Waals surface area contributed by atoms with Crippen molar-refractivity contribution in [3.63, 3.8) is 0 Å². The number of urea groups is 1. The maximum atomic E-state index is 10.6. The van der Waals surface area contributed by atoms with Crippen LogP contribution in [0.5, 0.6) is 5.75 Å². The van der Waals surface area contributed by atoms with Gasteiger partial charge >= 0.3 is 6.03 Å². The van der Waals surface area contributed by atoms with Crippen LogP contribution < -0.4 is 15.9 Å². The third-order valence-electron chi connectivity index (χ3n) is 3.41. The van der Waals surface area contributed by atoms with Crippen molar-refractivity contribution in [1.82, 2.24) is 10.3 Å². The van der Waals surface area contributed by atoms with E-state index in [1.165, 1.54) is 25.5 Å². The molecule has 1 aliphatic rings. The third kappa shape index (κ3) is 5.43. The molecule has 0 spiro atoms. The second-order valence-corrected chi connectivity index (χ2v) is 5.02. The molecule has 0 saturated carbocycles. The first-order valence-electron chi connectivity index (χ1n) is 7.28. The van der Waals surface area contributed by atoms with E-state index in [-0.39, 0.29) is 0 Å². The Morgan fingerprint density at radius 3 is 2.86 bits per heavy atom. The molecule has 1 saturated heterocycles. The third-order valence-corrected chi connectivity index (χ3v) is 3.41. The summed E-state index contributed by atoms with van der Waals surface area (Å²) in [6.07, 6.45) is 5.43. The Bertz CT molecular complexity index is 484. The lowest BCUT2D eigenvalue weighted by Gasteiger charge is -2.26. The molecule has 1 aromatic carbocycles. The van der Waals surface area contributed by atoms with E-state index in [1.54, 1.807) is 0 Å². The Kier molecular flexibility index (Phi) is 6.02. The molecule has 0 unspecified atom stereocenters. The second kappa shape index (κ2) is 8.26. The number of hydrogen-bond acceptors (Lipinski definition) is 4. The molecular weight excluding hydrogens is 268 g/mol. The summed E-state index contributed by atoms with van der Waals surface area (Å²) in [5.41, 5.74) is 7.94. The van der Waals surface area contributed by atoms with Gasteiger partial charge in [0.2, 0.25) is 0 Å². The first-order chi connectivity index (χ1) is 10.3. The number of nitrogens with zero attached hydrogens (tertiary/aromatic N) is 2. The summed E-state index contributed by atoms with van der Waals surface area (Å²) in [5.74, 6) is 0.754. The van der Waals surface area contributed by atoms with Crippen LogP contribution in [0.2, 0.25) is 0 Å².